The van der Waals surface area contributed by atoms with E-state index in [-0.39, 0.29) is 24.4 Å². The molecule has 3 N–H and O–H groups in total. The van der Waals surface area contributed by atoms with Crippen LogP contribution in [-0.4, -0.2) is 18.0 Å². The molecule has 2 fully saturated rings. The maximum Gasteiger partial charge on any atom is 0.220 e. The SMILES string of the molecule is Cl.N[C@@H]1CCC[C@H]1CC(=O)NC1CCCC1c1ccccc1. The predicted molar refractivity (Wildman–Crippen MR) is 92.1 cm³/mol. The van der Waals surface area contributed by atoms with Crippen LogP contribution in [0.4, 0.5) is 0 Å². The average molecular weight is 323 g/mol. The maximum atomic E-state index is 12.3. The van der Waals surface area contributed by atoms with Crippen molar-refractivity contribution < 1.29 is 4.79 Å². The van der Waals surface area contributed by atoms with Gasteiger partial charge >= 0.3 is 0 Å². The van der Waals surface area contributed by atoms with Crippen molar-refractivity contribution >= 4 is 18.3 Å². The zero-order valence-electron chi connectivity index (χ0n) is 13.0. The van der Waals surface area contributed by atoms with Gasteiger partial charge in [0.15, 0.2) is 0 Å². The highest BCUT2D eigenvalue weighted by Crippen LogP contribution is 2.35. The van der Waals surface area contributed by atoms with Crippen molar-refractivity contribution in [3.05, 3.63) is 35.9 Å². The minimum atomic E-state index is 0. The molecule has 3 rings (SSSR count). The Morgan fingerprint density at radius 2 is 1.82 bits per heavy atom. The van der Waals surface area contributed by atoms with E-state index in [0.717, 1.165) is 19.3 Å². The maximum absolute atomic E-state index is 12.3. The van der Waals surface area contributed by atoms with Crippen LogP contribution in [0.3, 0.4) is 0 Å². The summed E-state index contributed by atoms with van der Waals surface area (Å²) in [6.45, 7) is 0. The molecule has 4 heteroatoms. The highest BCUT2D eigenvalue weighted by molar-refractivity contribution is 5.85. The van der Waals surface area contributed by atoms with Crippen molar-refractivity contribution in [2.75, 3.05) is 0 Å². The molecule has 1 amide bonds. The lowest BCUT2D eigenvalue weighted by molar-refractivity contribution is -0.122. The first kappa shape index (κ1) is 17.3. The van der Waals surface area contributed by atoms with Gasteiger partial charge in [-0.2, -0.15) is 0 Å². The molecule has 0 saturated heterocycles. The van der Waals surface area contributed by atoms with Crippen LogP contribution >= 0.6 is 12.4 Å². The van der Waals surface area contributed by atoms with E-state index >= 15 is 0 Å². The van der Waals surface area contributed by atoms with E-state index in [1.165, 1.54) is 24.8 Å². The minimum Gasteiger partial charge on any atom is -0.353 e. The van der Waals surface area contributed by atoms with Crippen molar-refractivity contribution in [3.63, 3.8) is 0 Å². The second-order valence-corrected chi connectivity index (χ2v) is 6.68. The number of rotatable bonds is 4. The predicted octanol–water partition coefficient (Wildman–Crippen LogP) is 3.38. The summed E-state index contributed by atoms with van der Waals surface area (Å²) in [6.07, 6.45) is 7.46. The molecule has 0 aromatic heterocycles. The Kier molecular flexibility index (Phi) is 6.27. The summed E-state index contributed by atoms with van der Waals surface area (Å²) in [4.78, 5) is 12.3. The largest absolute Gasteiger partial charge is 0.353 e. The fraction of sp³-hybridized carbons (Fsp3) is 0.611. The third-order valence-corrected chi connectivity index (χ3v) is 5.26. The Morgan fingerprint density at radius 3 is 2.50 bits per heavy atom. The standard InChI is InChI=1S/C18H26N2O.ClH/c19-16-10-4-8-14(16)12-18(21)20-17-11-5-9-15(17)13-6-2-1-3-7-13;/h1-3,6-7,14-17H,4-5,8-12,19H2,(H,20,21);1H/t14-,15?,16+,17?;/m0./s1. The summed E-state index contributed by atoms with van der Waals surface area (Å²) < 4.78 is 0. The number of carbonyl (C=O) groups excluding carboxylic acids is 1. The van der Waals surface area contributed by atoms with Crippen molar-refractivity contribution in [2.24, 2.45) is 11.7 Å². The van der Waals surface area contributed by atoms with Crippen LogP contribution in [0, 0.1) is 5.92 Å². The molecule has 22 heavy (non-hydrogen) atoms. The number of hydrogen-bond acceptors (Lipinski definition) is 2. The molecule has 3 nitrogen and oxygen atoms in total. The first-order valence-corrected chi connectivity index (χ1v) is 8.34. The van der Waals surface area contributed by atoms with Gasteiger partial charge in [0.1, 0.15) is 0 Å². The fourth-order valence-electron chi connectivity index (χ4n) is 4.05. The molecule has 122 valence electrons. The van der Waals surface area contributed by atoms with Crippen molar-refractivity contribution in [2.45, 2.75) is 62.9 Å². The van der Waals surface area contributed by atoms with E-state index in [1.807, 2.05) is 6.07 Å². The third kappa shape index (κ3) is 4.02. The van der Waals surface area contributed by atoms with Gasteiger partial charge < -0.3 is 11.1 Å². The molecule has 2 saturated carbocycles. The lowest BCUT2D eigenvalue weighted by Gasteiger charge is -2.23. The fourth-order valence-corrected chi connectivity index (χ4v) is 4.05. The molecule has 0 bridgehead atoms. The summed E-state index contributed by atoms with van der Waals surface area (Å²) in [5, 5.41) is 3.28. The van der Waals surface area contributed by atoms with Crippen LogP contribution in [0.15, 0.2) is 30.3 Å². The smallest absolute Gasteiger partial charge is 0.220 e. The van der Waals surface area contributed by atoms with E-state index in [9.17, 15) is 4.79 Å². The zero-order chi connectivity index (χ0) is 14.7. The Labute approximate surface area is 139 Å². The van der Waals surface area contributed by atoms with Gasteiger partial charge in [0.25, 0.3) is 0 Å². The summed E-state index contributed by atoms with van der Waals surface area (Å²) in [7, 11) is 0. The molecule has 1 aromatic carbocycles. The molecule has 2 aliphatic carbocycles. The molecule has 1 aromatic rings. The van der Waals surface area contributed by atoms with Gasteiger partial charge in [-0.25, -0.2) is 0 Å². The normalized spacial score (nSPS) is 30.8. The van der Waals surface area contributed by atoms with Crippen LogP contribution in [0.25, 0.3) is 0 Å². The van der Waals surface area contributed by atoms with E-state index < -0.39 is 0 Å². The molecule has 0 heterocycles. The molecule has 0 aliphatic heterocycles. The zero-order valence-corrected chi connectivity index (χ0v) is 13.9. The van der Waals surface area contributed by atoms with Crippen molar-refractivity contribution in [1.29, 1.82) is 0 Å². The van der Waals surface area contributed by atoms with Crippen LogP contribution in [-0.2, 0) is 4.79 Å². The highest BCUT2D eigenvalue weighted by Gasteiger charge is 2.31. The van der Waals surface area contributed by atoms with E-state index in [1.54, 1.807) is 0 Å². The van der Waals surface area contributed by atoms with Crippen molar-refractivity contribution in [3.8, 4) is 0 Å². The summed E-state index contributed by atoms with van der Waals surface area (Å²) in [5.74, 6) is 1.07. The molecular formula is C18H27ClN2O. The first-order chi connectivity index (χ1) is 10.2. The van der Waals surface area contributed by atoms with E-state index in [0.29, 0.717) is 24.3 Å². The number of carbonyl (C=O) groups is 1. The number of hydrogen-bond donors (Lipinski definition) is 2. The van der Waals surface area contributed by atoms with Gasteiger partial charge in [-0.1, -0.05) is 43.2 Å². The quantitative estimate of drug-likeness (QED) is 0.893. The summed E-state index contributed by atoms with van der Waals surface area (Å²) in [6, 6.07) is 11.1. The molecule has 0 spiro atoms. The van der Waals surface area contributed by atoms with Gasteiger partial charge in [-0.3, -0.25) is 4.79 Å². The Balaban J connectivity index is 0.00000176. The van der Waals surface area contributed by atoms with Crippen molar-refractivity contribution in [1.82, 2.24) is 5.32 Å². The summed E-state index contributed by atoms with van der Waals surface area (Å²) in [5.41, 5.74) is 7.43. The van der Waals surface area contributed by atoms with Gasteiger partial charge in [0.05, 0.1) is 0 Å². The molecular weight excluding hydrogens is 296 g/mol. The topological polar surface area (TPSA) is 55.1 Å². The minimum absolute atomic E-state index is 0. The van der Waals surface area contributed by atoms with Crippen LogP contribution in [0.2, 0.25) is 0 Å². The molecule has 2 unspecified atom stereocenters. The Bertz CT molecular complexity index is 479. The van der Waals surface area contributed by atoms with Crippen LogP contribution < -0.4 is 11.1 Å². The average Bonchev–Trinajstić information content (AvgIpc) is 3.10. The number of benzene rings is 1. The van der Waals surface area contributed by atoms with E-state index in [2.05, 4.69) is 29.6 Å². The number of nitrogens with two attached hydrogens (primary N) is 1. The first-order valence-electron chi connectivity index (χ1n) is 8.34. The summed E-state index contributed by atoms with van der Waals surface area (Å²) >= 11 is 0. The lowest BCUT2D eigenvalue weighted by Crippen LogP contribution is -2.38. The molecule has 2 aliphatic rings. The molecule has 0 radical (unpaired) electrons. The van der Waals surface area contributed by atoms with Gasteiger partial charge in [0.2, 0.25) is 5.91 Å². The van der Waals surface area contributed by atoms with Crippen LogP contribution in [0.1, 0.15) is 56.4 Å². The Hall–Kier alpha value is -1.06. The Morgan fingerprint density at radius 1 is 1.09 bits per heavy atom. The number of amides is 1. The van der Waals surface area contributed by atoms with Gasteiger partial charge in [-0.15, -0.1) is 12.4 Å². The van der Waals surface area contributed by atoms with Crippen LogP contribution in [0.5, 0.6) is 0 Å². The second-order valence-electron chi connectivity index (χ2n) is 6.68. The monoisotopic (exact) mass is 322 g/mol. The van der Waals surface area contributed by atoms with Gasteiger partial charge in [0, 0.05) is 24.4 Å². The number of nitrogens with one attached hydrogen (secondary N) is 1. The third-order valence-electron chi connectivity index (χ3n) is 5.26. The van der Waals surface area contributed by atoms with E-state index in [4.69, 9.17) is 5.73 Å². The molecule has 4 atom stereocenters. The highest BCUT2D eigenvalue weighted by atomic mass is 35.5. The second kappa shape index (κ2) is 7.98. The number of halogens is 1. The lowest BCUT2D eigenvalue weighted by atomic mass is 9.93. The van der Waals surface area contributed by atoms with Gasteiger partial charge in [-0.05, 0) is 37.2 Å².